The minimum absolute atomic E-state index is 0. The molecule has 4 bridgehead atoms. The van der Waals surface area contributed by atoms with Gasteiger partial charge in [-0.3, -0.25) is 0 Å². The van der Waals surface area contributed by atoms with Gasteiger partial charge in [0.15, 0.2) is 0 Å². The number of aromatic nitrogens is 2. The first-order valence-corrected chi connectivity index (χ1v) is 16.3. The summed E-state index contributed by atoms with van der Waals surface area (Å²) in [6, 6.07) is 18.8. The molecule has 212 valence electrons. The van der Waals surface area contributed by atoms with Gasteiger partial charge in [-0.1, -0.05) is 17.7 Å². The number of hydrogen-bond donors (Lipinski definition) is 2. The Hall–Kier alpha value is -2.14. The number of rotatable bonds is 5. The van der Waals surface area contributed by atoms with Gasteiger partial charge in [0.25, 0.3) is 0 Å². The fourth-order valence-corrected chi connectivity index (χ4v) is 10.4. The molecule has 2 aromatic heterocycles. The number of nitrogens with one attached hydrogen (secondary N) is 2. The van der Waals surface area contributed by atoms with E-state index in [2.05, 4.69) is 108 Å². The third-order valence-corrected chi connectivity index (χ3v) is 11.8. The Labute approximate surface area is 260 Å². The summed E-state index contributed by atoms with van der Waals surface area (Å²) in [5.74, 6) is 3.44. The van der Waals surface area contributed by atoms with Crippen LogP contribution in [-0.4, -0.2) is 16.1 Å². The second-order valence-electron chi connectivity index (χ2n) is 12.5. The van der Waals surface area contributed by atoms with Gasteiger partial charge >= 0.3 is 17.1 Å². The summed E-state index contributed by atoms with van der Waals surface area (Å²) in [4.78, 5) is 7.19. The molecule has 4 fully saturated rings. The van der Waals surface area contributed by atoms with Crippen molar-refractivity contribution in [2.24, 2.45) is 29.1 Å². The number of aromatic amines is 2. The summed E-state index contributed by atoms with van der Waals surface area (Å²) >= 11 is 0. The van der Waals surface area contributed by atoms with Crippen molar-refractivity contribution in [3.63, 3.8) is 0 Å². The number of hydrogen-bond acceptors (Lipinski definition) is 0. The summed E-state index contributed by atoms with van der Waals surface area (Å²) in [5.41, 5.74) is 8.47. The number of allylic oxidation sites excluding steroid dienone is 10. The molecule has 0 amide bonds. The standard InChI is InChI=1S/C31H35N2P2.C5H5.Fe/c34-19-27-24-13-20-12-21(14-24)18-30(27,17-20)25-15-23(22-6-2-1-3-7-22)16-26(25)31(35,28-8-4-10-32-28)29-9-5-11-33-29;1-2-4-5-3-1;/h1-11,15-16,20-21,24,27,32-33H,12-14,17-19,34-35H2;1-5H;/q2*-1;+2. The molecule has 1 aromatic carbocycles. The van der Waals surface area contributed by atoms with E-state index in [1.165, 1.54) is 66.4 Å². The van der Waals surface area contributed by atoms with Crippen LogP contribution in [0.4, 0.5) is 0 Å². The van der Waals surface area contributed by atoms with Crippen LogP contribution in [0.25, 0.3) is 0 Å². The predicted molar refractivity (Wildman–Crippen MR) is 174 cm³/mol. The van der Waals surface area contributed by atoms with E-state index in [4.69, 9.17) is 0 Å². The Morgan fingerprint density at radius 3 is 2.10 bits per heavy atom. The Kier molecular flexibility index (Phi) is 8.37. The van der Waals surface area contributed by atoms with Crippen LogP contribution in [-0.2, 0) is 22.2 Å². The maximum absolute atomic E-state index is 3.59. The van der Waals surface area contributed by atoms with E-state index >= 15 is 0 Å². The smallest absolute Gasteiger partial charge is 0.364 e. The van der Waals surface area contributed by atoms with Crippen molar-refractivity contribution in [2.75, 3.05) is 6.16 Å². The second-order valence-corrected chi connectivity index (χ2v) is 13.8. The summed E-state index contributed by atoms with van der Waals surface area (Å²) in [7, 11) is 6.44. The Bertz CT molecular complexity index is 1400. The molecule has 41 heavy (non-hydrogen) atoms. The van der Waals surface area contributed by atoms with Gasteiger partial charge in [0.1, 0.15) is 0 Å². The van der Waals surface area contributed by atoms with Gasteiger partial charge in [-0.05, 0) is 103 Å². The molecule has 9 rings (SSSR count). The molecule has 5 unspecified atom stereocenters. The van der Waals surface area contributed by atoms with Crippen molar-refractivity contribution < 1.29 is 17.1 Å². The quantitative estimate of drug-likeness (QED) is 0.163. The SMILES string of the molecule is PCC1C2CC3CC(C2)CC1(C1=CC(=C2C=CC=C[CH-]2)C=C1C(P)(c1ccc[nH]1)c1ccc[nH]1)C3.[Fe+2].c1cc[cH-]c1. The number of H-pyrrole nitrogens is 2. The van der Waals surface area contributed by atoms with Crippen LogP contribution in [0.5, 0.6) is 0 Å². The molecular formula is C36H40FeN2P2. The molecule has 0 saturated heterocycles. The van der Waals surface area contributed by atoms with Crippen LogP contribution < -0.4 is 0 Å². The molecule has 4 saturated carbocycles. The van der Waals surface area contributed by atoms with Crippen LogP contribution in [0.2, 0.25) is 0 Å². The van der Waals surface area contributed by atoms with Crippen LogP contribution in [0.3, 0.4) is 0 Å². The molecule has 2 nitrogen and oxygen atoms in total. The maximum Gasteiger partial charge on any atom is 2.00 e. The first kappa shape index (κ1) is 29.0. The van der Waals surface area contributed by atoms with Gasteiger partial charge in [-0.25, -0.2) is 12.1 Å². The summed E-state index contributed by atoms with van der Waals surface area (Å²) in [6.45, 7) is 0. The van der Waals surface area contributed by atoms with Crippen LogP contribution in [0.1, 0.15) is 43.5 Å². The van der Waals surface area contributed by atoms with Crippen molar-refractivity contribution in [2.45, 2.75) is 37.3 Å². The Morgan fingerprint density at radius 1 is 0.902 bits per heavy atom. The van der Waals surface area contributed by atoms with E-state index in [0.29, 0.717) is 0 Å². The van der Waals surface area contributed by atoms with Gasteiger partial charge in [0.05, 0.1) is 5.16 Å². The largest absolute Gasteiger partial charge is 2.00 e. The van der Waals surface area contributed by atoms with Crippen LogP contribution >= 0.6 is 18.5 Å². The third kappa shape index (κ3) is 4.98. The maximum atomic E-state index is 3.59. The van der Waals surface area contributed by atoms with E-state index in [0.717, 1.165) is 23.7 Å². The Morgan fingerprint density at radius 2 is 1.59 bits per heavy atom. The van der Waals surface area contributed by atoms with Gasteiger partial charge in [0.2, 0.25) is 0 Å². The second kappa shape index (κ2) is 11.9. The van der Waals surface area contributed by atoms with E-state index in [9.17, 15) is 0 Å². The normalized spacial score (nSPS) is 31.2. The average Bonchev–Trinajstić information content (AvgIpc) is 3.80. The summed E-state index contributed by atoms with van der Waals surface area (Å²) in [5, 5.41) is -0.343. The molecular weight excluding hydrogens is 578 g/mol. The predicted octanol–water partition coefficient (Wildman–Crippen LogP) is 8.68. The molecule has 6 aliphatic rings. The molecule has 3 aromatic rings. The molecule has 5 heteroatoms. The van der Waals surface area contributed by atoms with Crippen molar-refractivity contribution >= 4 is 18.5 Å². The van der Waals surface area contributed by atoms with Crippen molar-refractivity contribution in [1.29, 1.82) is 0 Å². The zero-order valence-electron chi connectivity index (χ0n) is 23.5. The first-order valence-electron chi connectivity index (χ1n) is 14.9. The first-order chi connectivity index (χ1) is 19.6. The molecule has 0 spiro atoms. The van der Waals surface area contributed by atoms with E-state index in [1.807, 2.05) is 30.3 Å². The average molecular weight is 619 g/mol. The van der Waals surface area contributed by atoms with E-state index in [1.54, 1.807) is 5.57 Å². The zero-order valence-corrected chi connectivity index (χ0v) is 26.9. The third-order valence-electron chi connectivity index (χ3n) is 10.3. The summed E-state index contributed by atoms with van der Waals surface area (Å²) in [6.07, 6.45) is 28.5. The minimum atomic E-state index is -0.343. The van der Waals surface area contributed by atoms with Crippen molar-refractivity contribution in [1.82, 2.24) is 9.97 Å². The Balaban J connectivity index is 0.000000458. The fraction of sp³-hybridized carbons (Fsp3) is 0.333. The van der Waals surface area contributed by atoms with E-state index < -0.39 is 0 Å². The van der Waals surface area contributed by atoms with Crippen LogP contribution in [0, 0.1) is 35.5 Å². The summed E-state index contributed by atoms with van der Waals surface area (Å²) < 4.78 is 0. The van der Waals surface area contributed by atoms with Gasteiger partial charge < -0.3 is 9.97 Å². The fourth-order valence-electron chi connectivity index (χ4n) is 8.93. The van der Waals surface area contributed by atoms with Gasteiger partial charge in [-0.2, -0.15) is 18.2 Å². The van der Waals surface area contributed by atoms with E-state index in [-0.39, 0.29) is 27.6 Å². The zero-order chi connectivity index (χ0) is 27.2. The molecule has 2 heterocycles. The van der Waals surface area contributed by atoms with Gasteiger partial charge in [0, 0.05) is 23.8 Å². The minimum Gasteiger partial charge on any atom is -0.364 e. The van der Waals surface area contributed by atoms with Crippen LogP contribution in [0.15, 0.2) is 126 Å². The topological polar surface area (TPSA) is 31.6 Å². The van der Waals surface area contributed by atoms with Crippen molar-refractivity contribution in [3.05, 3.63) is 144 Å². The molecule has 2 N–H and O–H groups in total. The van der Waals surface area contributed by atoms with Crippen molar-refractivity contribution in [3.8, 4) is 0 Å². The molecule has 0 radical (unpaired) electrons. The molecule has 5 atom stereocenters. The monoisotopic (exact) mass is 618 g/mol. The van der Waals surface area contributed by atoms with Gasteiger partial charge in [-0.15, -0.1) is 54.8 Å². The molecule has 0 aliphatic heterocycles. The molecule has 6 aliphatic carbocycles.